The summed E-state index contributed by atoms with van der Waals surface area (Å²) in [5.41, 5.74) is 7.61. The van der Waals surface area contributed by atoms with Gasteiger partial charge in [-0.15, -0.1) is 29.1 Å². The second-order valence-corrected chi connectivity index (χ2v) is 17.0. The van der Waals surface area contributed by atoms with Crippen molar-refractivity contribution in [2.45, 2.75) is 121 Å². The molecule has 0 fully saturated rings. The van der Waals surface area contributed by atoms with Crippen LogP contribution in [0.25, 0.3) is 55.3 Å². The van der Waals surface area contributed by atoms with Crippen LogP contribution in [-0.4, -0.2) is 15.9 Å². The van der Waals surface area contributed by atoms with E-state index in [9.17, 15) is 9.90 Å². The van der Waals surface area contributed by atoms with Crippen molar-refractivity contribution in [2.24, 2.45) is 16.7 Å². The minimum atomic E-state index is -0.337. The molecule has 0 aliphatic carbocycles. The maximum Gasteiger partial charge on any atom is 0.164 e. The van der Waals surface area contributed by atoms with Crippen LogP contribution in [0.4, 0.5) is 0 Å². The van der Waals surface area contributed by atoms with E-state index >= 15 is 0 Å². The summed E-state index contributed by atoms with van der Waals surface area (Å²) >= 11 is 0. The van der Waals surface area contributed by atoms with E-state index in [1.54, 1.807) is 0 Å². The predicted octanol–water partition coefficient (Wildman–Crippen LogP) is 14.3. The zero-order chi connectivity index (χ0) is 39.6. The number of carbonyl (C=O) groups is 1. The molecule has 6 rings (SSSR count). The first-order chi connectivity index (χ1) is 25.5. The van der Waals surface area contributed by atoms with Crippen molar-refractivity contribution in [2.75, 3.05) is 0 Å². The molecule has 1 N–H and O–H groups in total. The van der Waals surface area contributed by atoms with E-state index in [0.717, 1.165) is 87.6 Å². The van der Waals surface area contributed by atoms with Crippen LogP contribution in [0.2, 0.25) is 0 Å². The number of ketones is 1. The number of aliphatic hydroxyl groups is 1. The maximum absolute atomic E-state index is 12.2. The number of benzene rings is 3. The maximum atomic E-state index is 12.2. The Kier molecular flexibility index (Phi) is 13.9. The molecule has 0 atom stereocenters. The third-order valence-electron chi connectivity index (χ3n) is 11.8. The van der Waals surface area contributed by atoms with E-state index in [0.29, 0.717) is 5.92 Å². The Morgan fingerprint density at radius 3 is 2.15 bits per heavy atom. The van der Waals surface area contributed by atoms with Crippen LogP contribution in [-0.2, 0) is 36.7 Å². The summed E-state index contributed by atoms with van der Waals surface area (Å²) in [5, 5.41) is 14.6. The molecule has 295 valence electrons. The molecule has 1 radical (unpaired) electrons. The molecular formula is C49H60IrNO4-. The molecule has 0 saturated heterocycles. The van der Waals surface area contributed by atoms with Crippen LogP contribution >= 0.6 is 0 Å². The quantitative estimate of drug-likeness (QED) is 0.0796. The third kappa shape index (κ3) is 9.03. The Bertz CT molecular complexity index is 2290. The summed E-state index contributed by atoms with van der Waals surface area (Å²) in [4.78, 5) is 17.0. The zero-order valence-corrected chi connectivity index (χ0v) is 37.4. The molecule has 0 aliphatic rings. The topological polar surface area (TPSA) is 76.5 Å². The molecular weight excluding hydrogens is 859 g/mol. The van der Waals surface area contributed by atoms with Crippen LogP contribution in [0.5, 0.6) is 0 Å². The number of aromatic nitrogens is 1. The normalized spacial score (nSPS) is 12.6. The van der Waals surface area contributed by atoms with Gasteiger partial charge in [0.25, 0.3) is 0 Å². The smallest absolute Gasteiger partial charge is 0.164 e. The van der Waals surface area contributed by atoms with Gasteiger partial charge in [0, 0.05) is 59.7 Å². The Morgan fingerprint density at radius 2 is 1.53 bits per heavy atom. The summed E-state index contributed by atoms with van der Waals surface area (Å²) < 4.78 is 12.5. The molecule has 3 heterocycles. The number of hydrogen-bond acceptors (Lipinski definition) is 5. The second-order valence-electron chi connectivity index (χ2n) is 17.0. The molecule has 6 heteroatoms. The van der Waals surface area contributed by atoms with Crippen molar-refractivity contribution in [1.29, 1.82) is 0 Å². The van der Waals surface area contributed by atoms with Crippen LogP contribution in [0.1, 0.15) is 119 Å². The zero-order valence-electron chi connectivity index (χ0n) is 35.0. The number of pyridine rings is 1. The number of aryl methyl sites for hydroxylation is 1. The Morgan fingerprint density at radius 1 is 0.873 bits per heavy atom. The van der Waals surface area contributed by atoms with Gasteiger partial charge in [0.15, 0.2) is 5.78 Å². The molecule has 3 aromatic carbocycles. The summed E-state index contributed by atoms with van der Waals surface area (Å²) in [5.74, 6) is 1.71. The van der Waals surface area contributed by atoms with E-state index in [1.165, 1.54) is 22.6 Å². The Hall–Kier alpha value is -3.99. The number of fused-ring (bicyclic) bond motifs is 3. The fourth-order valence-electron chi connectivity index (χ4n) is 7.16. The van der Waals surface area contributed by atoms with E-state index in [-0.39, 0.29) is 47.9 Å². The number of allylic oxidation sites excluding steroid dienone is 2. The molecule has 5 nitrogen and oxygen atoms in total. The minimum absolute atomic E-state index is 0. The fourth-order valence-corrected chi connectivity index (χ4v) is 7.16. The van der Waals surface area contributed by atoms with Crippen molar-refractivity contribution in [3.8, 4) is 22.6 Å². The number of furan rings is 2. The van der Waals surface area contributed by atoms with Crippen molar-refractivity contribution in [1.82, 2.24) is 4.98 Å². The van der Waals surface area contributed by atoms with Crippen LogP contribution < -0.4 is 0 Å². The SMILES string of the molecule is CCC(C)(CC)C(=O)/C=C(\O)C(C)(CC)CC.Cc1c(-c2coc3ccc(CC(C)C)cc23)oc2ccnc(-c3[c-]c4ccccc4c(C(C)(C)C)c3)c12.[Ir]. The molecule has 55 heavy (non-hydrogen) atoms. The first kappa shape index (κ1) is 43.7. The molecule has 0 aliphatic heterocycles. The van der Waals surface area contributed by atoms with Gasteiger partial charge in [-0.25, -0.2) is 0 Å². The first-order valence-electron chi connectivity index (χ1n) is 19.8. The molecule has 0 unspecified atom stereocenters. The number of nitrogens with zero attached hydrogens (tertiary/aromatic N) is 1. The monoisotopic (exact) mass is 919 g/mol. The molecule has 0 amide bonds. The molecule has 0 bridgehead atoms. The summed E-state index contributed by atoms with van der Waals surface area (Å²) in [6.07, 6.45) is 9.44. The minimum Gasteiger partial charge on any atom is -0.512 e. The first-order valence-corrected chi connectivity index (χ1v) is 19.8. The van der Waals surface area contributed by atoms with E-state index in [1.807, 2.05) is 60.1 Å². The molecule has 6 aromatic rings. The number of hydrogen-bond donors (Lipinski definition) is 1. The van der Waals surface area contributed by atoms with Gasteiger partial charge in [-0.05, 0) is 79.7 Å². The Balaban J connectivity index is 0.000000320. The summed E-state index contributed by atoms with van der Waals surface area (Å²) in [7, 11) is 0. The van der Waals surface area contributed by atoms with Crippen molar-refractivity contribution < 1.29 is 38.8 Å². The van der Waals surface area contributed by atoms with Gasteiger partial charge in [0.1, 0.15) is 28.9 Å². The van der Waals surface area contributed by atoms with Crippen molar-refractivity contribution in [3.63, 3.8) is 0 Å². The third-order valence-corrected chi connectivity index (χ3v) is 11.8. The molecule has 0 spiro atoms. The van der Waals surface area contributed by atoms with Gasteiger partial charge < -0.3 is 13.9 Å². The van der Waals surface area contributed by atoms with E-state index in [4.69, 9.17) is 13.8 Å². The number of rotatable bonds is 11. The van der Waals surface area contributed by atoms with Gasteiger partial charge in [-0.2, -0.15) is 0 Å². The van der Waals surface area contributed by atoms with Crippen LogP contribution in [0, 0.1) is 29.7 Å². The predicted molar refractivity (Wildman–Crippen MR) is 226 cm³/mol. The van der Waals surface area contributed by atoms with Gasteiger partial charge >= 0.3 is 0 Å². The van der Waals surface area contributed by atoms with E-state index in [2.05, 4.69) is 96.1 Å². The van der Waals surface area contributed by atoms with Gasteiger partial charge in [0.05, 0.1) is 5.56 Å². The van der Waals surface area contributed by atoms with E-state index < -0.39 is 0 Å². The summed E-state index contributed by atoms with van der Waals surface area (Å²) in [6.45, 7) is 25.5. The Labute approximate surface area is 342 Å². The standard InChI is InChI=1S/C34H32NO2.C15H28O2.Ir/c1-20(2)15-22-11-12-29-26(16-22)27(19-36-29)33-21(3)31-30(37-33)13-14-35-32(31)24-17-23-9-7-8-10-25(23)28(18-24)34(4,5)6;1-7-14(5,8-2)12(16)11-13(17)15(6,9-3)10-4;/h7-14,16,18-20H,15H2,1-6H3;11,16H,7-10H2,1-6H3;/q-1;;/b;12-11-;. The largest absolute Gasteiger partial charge is 0.512 e. The van der Waals surface area contributed by atoms with Gasteiger partial charge in [-0.3, -0.25) is 9.78 Å². The number of carbonyl (C=O) groups excluding carboxylic acids is 1. The average molecular weight is 919 g/mol. The van der Waals surface area contributed by atoms with Crippen LogP contribution in [0.15, 0.2) is 87.7 Å². The van der Waals surface area contributed by atoms with Crippen molar-refractivity contribution >= 4 is 38.5 Å². The number of aliphatic hydroxyl groups excluding tert-OH is 1. The molecule has 0 saturated carbocycles. The summed E-state index contributed by atoms with van der Waals surface area (Å²) in [6, 6.07) is 22.8. The molecule has 3 aromatic heterocycles. The van der Waals surface area contributed by atoms with Gasteiger partial charge in [0.2, 0.25) is 0 Å². The average Bonchev–Trinajstić information content (AvgIpc) is 3.72. The van der Waals surface area contributed by atoms with Crippen molar-refractivity contribution in [3.05, 3.63) is 102 Å². The second kappa shape index (κ2) is 17.4. The van der Waals surface area contributed by atoms with Gasteiger partial charge in [-0.1, -0.05) is 111 Å². The van der Waals surface area contributed by atoms with Crippen LogP contribution in [0.3, 0.4) is 0 Å². The fraction of sp³-hybridized carbons (Fsp3) is 0.429.